The number of rotatable bonds is 11. The fourth-order valence-electron chi connectivity index (χ4n) is 1.43. The lowest BCUT2D eigenvalue weighted by atomic mass is 10.1. The standard InChI is InChI=1S/C13H23N3O5S2/c1-13(2,23-22-3)5-4-9(17)14-6-10(18)15-7-11(19)16-8-12(20)21/h4-8H2,1-3H3,(H,14,17)(H,15,18)(H,16,19)(H,20,21). The van der Waals surface area contributed by atoms with Crippen LogP contribution in [-0.4, -0.2) is 59.4 Å². The molecule has 3 amide bonds. The van der Waals surface area contributed by atoms with Crippen LogP contribution in [0.25, 0.3) is 0 Å². The first-order valence-electron chi connectivity index (χ1n) is 6.90. The number of hydrogen-bond acceptors (Lipinski definition) is 6. The molecule has 4 N–H and O–H groups in total. The molecular weight excluding hydrogens is 342 g/mol. The molecule has 0 aliphatic carbocycles. The van der Waals surface area contributed by atoms with Crippen LogP contribution >= 0.6 is 21.6 Å². The van der Waals surface area contributed by atoms with Crippen molar-refractivity contribution in [2.24, 2.45) is 0 Å². The van der Waals surface area contributed by atoms with Crippen LogP contribution in [0.1, 0.15) is 26.7 Å². The molecule has 0 spiro atoms. The van der Waals surface area contributed by atoms with E-state index in [1.807, 2.05) is 20.1 Å². The minimum atomic E-state index is -1.17. The Bertz CT molecular complexity index is 443. The van der Waals surface area contributed by atoms with Crippen molar-refractivity contribution in [3.63, 3.8) is 0 Å². The van der Waals surface area contributed by atoms with E-state index in [0.29, 0.717) is 12.8 Å². The lowest BCUT2D eigenvalue weighted by molar-refractivity contribution is -0.137. The number of carboxylic acid groups (broad SMARTS) is 1. The highest BCUT2D eigenvalue weighted by atomic mass is 33.1. The molecule has 10 heteroatoms. The lowest BCUT2D eigenvalue weighted by Crippen LogP contribution is -2.43. The zero-order valence-electron chi connectivity index (χ0n) is 13.4. The predicted octanol–water partition coefficient (Wildman–Crippen LogP) is -0.0104. The van der Waals surface area contributed by atoms with E-state index < -0.39 is 24.3 Å². The molecule has 0 saturated carbocycles. The minimum absolute atomic E-state index is 0.0265. The number of carboxylic acids is 1. The van der Waals surface area contributed by atoms with Gasteiger partial charge in [0.1, 0.15) is 6.54 Å². The maximum Gasteiger partial charge on any atom is 0.322 e. The summed E-state index contributed by atoms with van der Waals surface area (Å²) in [5.74, 6) is -2.52. The number of aliphatic carboxylic acids is 1. The van der Waals surface area contributed by atoms with Gasteiger partial charge < -0.3 is 21.1 Å². The summed E-state index contributed by atoms with van der Waals surface area (Å²) in [7, 11) is 3.33. The Balaban J connectivity index is 3.86. The molecule has 132 valence electrons. The molecule has 0 aliphatic rings. The van der Waals surface area contributed by atoms with Gasteiger partial charge in [0.2, 0.25) is 17.7 Å². The Kier molecular flexibility index (Phi) is 10.5. The van der Waals surface area contributed by atoms with Crippen molar-refractivity contribution in [2.45, 2.75) is 31.4 Å². The molecule has 0 radical (unpaired) electrons. The van der Waals surface area contributed by atoms with Crippen LogP contribution in [0.5, 0.6) is 0 Å². The van der Waals surface area contributed by atoms with Crippen molar-refractivity contribution in [3.8, 4) is 0 Å². The first kappa shape index (κ1) is 21.6. The van der Waals surface area contributed by atoms with Crippen molar-refractivity contribution in [2.75, 3.05) is 25.9 Å². The van der Waals surface area contributed by atoms with Gasteiger partial charge >= 0.3 is 5.97 Å². The van der Waals surface area contributed by atoms with Gasteiger partial charge in [0.05, 0.1) is 13.1 Å². The van der Waals surface area contributed by atoms with Crippen LogP contribution in [0.4, 0.5) is 0 Å². The minimum Gasteiger partial charge on any atom is -0.480 e. The number of hydrogen-bond donors (Lipinski definition) is 4. The fourth-order valence-corrected chi connectivity index (χ4v) is 3.67. The second-order valence-electron chi connectivity index (χ2n) is 5.23. The van der Waals surface area contributed by atoms with Crippen LogP contribution in [-0.2, 0) is 19.2 Å². The van der Waals surface area contributed by atoms with Crippen LogP contribution in [0.2, 0.25) is 0 Å². The van der Waals surface area contributed by atoms with E-state index in [9.17, 15) is 19.2 Å². The Morgan fingerprint density at radius 3 is 1.87 bits per heavy atom. The predicted molar refractivity (Wildman–Crippen MR) is 91.1 cm³/mol. The zero-order valence-corrected chi connectivity index (χ0v) is 15.1. The van der Waals surface area contributed by atoms with E-state index in [0.717, 1.165) is 0 Å². The summed E-state index contributed by atoms with van der Waals surface area (Å²) in [4.78, 5) is 44.6. The van der Waals surface area contributed by atoms with E-state index in [1.54, 1.807) is 21.6 Å². The second-order valence-corrected chi connectivity index (χ2v) is 8.34. The zero-order chi connectivity index (χ0) is 17.9. The molecule has 23 heavy (non-hydrogen) atoms. The molecular formula is C13H23N3O5S2. The van der Waals surface area contributed by atoms with Gasteiger partial charge in [0, 0.05) is 11.2 Å². The maximum absolute atomic E-state index is 11.7. The Morgan fingerprint density at radius 2 is 1.39 bits per heavy atom. The highest BCUT2D eigenvalue weighted by molar-refractivity contribution is 8.76. The van der Waals surface area contributed by atoms with Crippen LogP contribution in [0.15, 0.2) is 0 Å². The molecule has 0 rings (SSSR count). The van der Waals surface area contributed by atoms with Crippen molar-refractivity contribution in [1.29, 1.82) is 0 Å². The van der Waals surface area contributed by atoms with E-state index in [4.69, 9.17) is 5.11 Å². The van der Waals surface area contributed by atoms with Crippen molar-refractivity contribution < 1.29 is 24.3 Å². The third-order valence-corrected chi connectivity index (χ3v) is 5.27. The van der Waals surface area contributed by atoms with Crippen molar-refractivity contribution >= 4 is 45.3 Å². The normalized spacial score (nSPS) is 10.7. The molecule has 8 nitrogen and oxygen atoms in total. The average Bonchev–Trinajstić information content (AvgIpc) is 2.46. The first-order valence-corrected chi connectivity index (χ1v) is 9.46. The van der Waals surface area contributed by atoms with E-state index in [2.05, 4.69) is 16.0 Å². The number of carbonyl (C=O) groups excluding carboxylic acids is 3. The Morgan fingerprint density at radius 1 is 0.913 bits per heavy atom. The maximum atomic E-state index is 11.7. The quantitative estimate of drug-likeness (QED) is 0.380. The molecule has 0 aliphatic heterocycles. The van der Waals surface area contributed by atoms with Crippen molar-refractivity contribution in [3.05, 3.63) is 0 Å². The summed E-state index contributed by atoms with van der Waals surface area (Å²) < 4.78 is -0.0265. The molecule has 0 fully saturated rings. The summed E-state index contributed by atoms with van der Waals surface area (Å²) in [6, 6.07) is 0. The van der Waals surface area contributed by atoms with E-state index >= 15 is 0 Å². The molecule has 0 aromatic carbocycles. The molecule has 0 heterocycles. The van der Waals surface area contributed by atoms with Crippen molar-refractivity contribution in [1.82, 2.24) is 16.0 Å². The number of amides is 3. The molecule has 0 aromatic rings. The topological polar surface area (TPSA) is 125 Å². The molecule has 0 bridgehead atoms. The second kappa shape index (κ2) is 11.2. The summed E-state index contributed by atoms with van der Waals surface area (Å²) in [6.07, 6.45) is 2.97. The fraction of sp³-hybridized carbons (Fsp3) is 0.692. The van der Waals surface area contributed by atoms with Crippen LogP contribution in [0, 0.1) is 0 Å². The van der Waals surface area contributed by atoms with Gasteiger partial charge in [-0.1, -0.05) is 21.6 Å². The monoisotopic (exact) mass is 365 g/mol. The smallest absolute Gasteiger partial charge is 0.322 e. The van der Waals surface area contributed by atoms with Gasteiger partial charge in [-0.3, -0.25) is 19.2 Å². The Labute approximate surface area is 143 Å². The SMILES string of the molecule is CSSC(C)(C)CCC(=O)NCC(=O)NCC(=O)NCC(=O)O. The van der Waals surface area contributed by atoms with Gasteiger partial charge in [-0.15, -0.1) is 0 Å². The summed E-state index contributed by atoms with van der Waals surface area (Å²) >= 11 is 0. The molecule has 0 atom stereocenters. The summed E-state index contributed by atoms with van der Waals surface area (Å²) in [6.45, 7) is 3.03. The number of carbonyl (C=O) groups is 4. The average molecular weight is 365 g/mol. The highest BCUT2D eigenvalue weighted by Crippen LogP contribution is 2.36. The molecule has 0 saturated heterocycles. The highest BCUT2D eigenvalue weighted by Gasteiger charge is 2.19. The van der Waals surface area contributed by atoms with Crippen LogP contribution < -0.4 is 16.0 Å². The van der Waals surface area contributed by atoms with Gasteiger partial charge in [0.15, 0.2) is 0 Å². The molecule has 0 aromatic heterocycles. The van der Waals surface area contributed by atoms with Gasteiger partial charge in [-0.2, -0.15) is 0 Å². The van der Waals surface area contributed by atoms with Gasteiger partial charge in [0.25, 0.3) is 0 Å². The van der Waals surface area contributed by atoms with Gasteiger partial charge in [-0.05, 0) is 26.5 Å². The van der Waals surface area contributed by atoms with E-state index in [1.165, 1.54) is 0 Å². The molecule has 0 unspecified atom stereocenters. The third kappa shape index (κ3) is 12.8. The largest absolute Gasteiger partial charge is 0.480 e. The number of nitrogens with one attached hydrogen (secondary N) is 3. The lowest BCUT2D eigenvalue weighted by Gasteiger charge is -2.21. The van der Waals surface area contributed by atoms with Gasteiger partial charge in [-0.25, -0.2) is 0 Å². The Hall–Kier alpha value is -1.42. The first-order chi connectivity index (χ1) is 10.7. The van der Waals surface area contributed by atoms with Crippen LogP contribution in [0.3, 0.4) is 0 Å². The summed E-state index contributed by atoms with van der Waals surface area (Å²) in [5.41, 5.74) is 0. The third-order valence-electron chi connectivity index (χ3n) is 2.59. The van der Waals surface area contributed by atoms with E-state index in [-0.39, 0.29) is 23.7 Å². The summed E-state index contributed by atoms with van der Waals surface area (Å²) in [5, 5.41) is 15.2.